The Morgan fingerprint density at radius 1 is 0.836 bits per heavy atom. The highest BCUT2D eigenvalue weighted by molar-refractivity contribution is 5.94. The molecule has 0 saturated heterocycles. The van der Waals surface area contributed by atoms with Crippen LogP contribution in [0.2, 0.25) is 0 Å². The summed E-state index contributed by atoms with van der Waals surface area (Å²) >= 11 is 0. The number of carbonyl (C=O) groups is 3. The normalized spacial score (nSPS) is 37.4. The molecule has 2 amide bonds. The number of nitrogens with one attached hydrogen (secondary N) is 2. The summed E-state index contributed by atoms with van der Waals surface area (Å²) in [5, 5.41) is 26.6. The van der Waals surface area contributed by atoms with E-state index in [1.54, 1.807) is 6.07 Å². The van der Waals surface area contributed by atoms with Gasteiger partial charge in [-0.15, -0.1) is 0 Å². The molecule has 0 heterocycles. The second-order valence-electron chi connectivity index (χ2n) is 19.7. The Morgan fingerprint density at radius 3 is 2.33 bits per heavy atom. The summed E-state index contributed by atoms with van der Waals surface area (Å²) in [6.45, 7) is 19.7. The van der Waals surface area contributed by atoms with Gasteiger partial charge in [0.15, 0.2) is 0 Å². The predicted molar refractivity (Wildman–Crippen MR) is 213 cm³/mol. The van der Waals surface area contributed by atoms with Gasteiger partial charge < -0.3 is 20.8 Å². The number of allylic oxidation sites excluding steroid dienone is 1. The van der Waals surface area contributed by atoms with E-state index in [4.69, 9.17) is 0 Å². The Bertz CT molecular complexity index is 1870. The number of aliphatic hydroxyl groups excluding tert-OH is 1. The van der Waals surface area contributed by atoms with Crippen LogP contribution in [0.4, 0.5) is 4.39 Å². The number of fused-ring (bicyclic) bond motifs is 7. The zero-order valence-corrected chi connectivity index (χ0v) is 33.9. The van der Waals surface area contributed by atoms with Crippen molar-refractivity contribution in [1.82, 2.24) is 10.6 Å². The van der Waals surface area contributed by atoms with E-state index in [1.165, 1.54) is 30.5 Å². The fraction of sp³-hybridized carbons (Fsp3) is 0.638. The van der Waals surface area contributed by atoms with Crippen LogP contribution in [0.3, 0.4) is 0 Å². The minimum Gasteiger partial charge on any atom is -0.478 e. The molecule has 4 unspecified atom stereocenters. The van der Waals surface area contributed by atoms with E-state index in [0.29, 0.717) is 47.8 Å². The average Bonchev–Trinajstić information content (AvgIpc) is 3.55. The Labute approximate surface area is 327 Å². The Balaban J connectivity index is 1.05. The zero-order valence-electron chi connectivity index (χ0n) is 33.9. The highest BCUT2D eigenvalue weighted by atomic mass is 19.1. The van der Waals surface area contributed by atoms with Crippen LogP contribution in [-0.4, -0.2) is 40.6 Å². The van der Waals surface area contributed by atoms with E-state index < -0.39 is 17.2 Å². The van der Waals surface area contributed by atoms with Crippen molar-refractivity contribution in [3.05, 3.63) is 82.7 Å². The molecule has 5 saturated carbocycles. The molecule has 298 valence electrons. The summed E-state index contributed by atoms with van der Waals surface area (Å²) in [6, 6.07) is 11.3. The third-order valence-electron chi connectivity index (χ3n) is 17.1. The fourth-order valence-electron chi connectivity index (χ4n) is 14.0. The van der Waals surface area contributed by atoms with Gasteiger partial charge in [-0.2, -0.15) is 0 Å². The molecule has 2 aromatic rings. The molecule has 10 atom stereocenters. The number of hydrogen-bond donors (Lipinski definition) is 4. The van der Waals surface area contributed by atoms with E-state index in [2.05, 4.69) is 58.8 Å². The van der Waals surface area contributed by atoms with Gasteiger partial charge in [-0.05, 0) is 164 Å². The average molecular weight is 755 g/mol. The van der Waals surface area contributed by atoms with Gasteiger partial charge in [0, 0.05) is 18.7 Å². The van der Waals surface area contributed by atoms with Gasteiger partial charge in [0.05, 0.1) is 17.1 Å². The van der Waals surface area contributed by atoms with Crippen LogP contribution in [0.25, 0.3) is 0 Å². The topological polar surface area (TPSA) is 116 Å². The quantitative estimate of drug-likeness (QED) is 0.191. The SMILES string of the molecule is C=C(C)[C@@H]1CC[C@]2(C(=O)NCc3cccc(C(=O)NCCc4ccc(F)c(C(=O)O)c4)c3)CC[C@]3(C)C(CCC4[C@@]5(C)CC[C@H](O)C(C)(C)C5CC[C@]43C)C12. The van der Waals surface area contributed by atoms with Gasteiger partial charge in [0.25, 0.3) is 5.91 Å². The molecule has 0 spiro atoms. The highest BCUT2D eigenvalue weighted by Gasteiger charge is 2.71. The zero-order chi connectivity index (χ0) is 39.7. The van der Waals surface area contributed by atoms with Crippen LogP contribution in [0.5, 0.6) is 0 Å². The Kier molecular flexibility index (Phi) is 10.2. The molecular weight excluding hydrogens is 692 g/mol. The number of carbonyl (C=O) groups excluding carboxylic acids is 2. The third kappa shape index (κ3) is 6.28. The van der Waals surface area contributed by atoms with Crippen LogP contribution >= 0.6 is 0 Å². The van der Waals surface area contributed by atoms with Gasteiger partial charge in [-0.3, -0.25) is 9.59 Å². The molecule has 5 aliphatic carbocycles. The first-order valence-corrected chi connectivity index (χ1v) is 20.9. The second-order valence-corrected chi connectivity index (χ2v) is 19.7. The Morgan fingerprint density at radius 2 is 1.60 bits per heavy atom. The molecule has 7 rings (SSSR count). The lowest BCUT2D eigenvalue weighted by atomic mass is 9.32. The summed E-state index contributed by atoms with van der Waals surface area (Å²) in [6.07, 6.45) is 10.6. The van der Waals surface area contributed by atoms with Crippen molar-refractivity contribution in [2.45, 2.75) is 125 Å². The summed E-state index contributed by atoms with van der Waals surface area (Å²) in [4.78, 5) is 39.1. The maximum absolute atomic E-state index is 14.7. The predicted octanol–water partition coefficient (Wildman–Crippen LogP) is 9.13. The van der Waals surface area contributed by atoms with Crippen LogP contribution in [0, 0.1) is 62.5 Å². The molecule has 2 aromatic carbocycles. The van der Waals surface area contributed by atoms with Crippen molar-refractivity contribution in [2.24, 2.45) is 56.7 Å². The van der Waals surface area contributed by atoms with Crippen molar-refractivity contribution in [2.75, 3.05) is 6.54 Å². The lowest BCUT2D eigenvalue weighted by Crippen LogP contribution is -2.67. The molecule has 4 N–H and O–H groups in total. The third-order valence-corrected chi connectivity index (χ3v) is 17.1. The number of aromatic carboxylic acids is 1. The van der Waals surface area contributed by atoms with Crippen molar-refractivity contribution in [3.8, 4) is 0 Å². The molecule has 8 heteroatoms. The lowest BCUT2D eigenvalue weighted by molar-refractivity contribution is -0.246. The van der Waals surface area contributed by atoms with E-state index in [1.807, 2.05) is 18.2 Å². The largest absolute Gasteiger partial charge is 0.478 e. The van der Waals surface area contributed by atoms with E-state index >= 15 is 0 Å². The molecule has 0 bridgehead atoms. The molecule has 7 nitrogen and oxygen atoms in total. The number of halogens is 1. The molecule has 5 aliphatic rings. The van der Waals surface area contributed by atoms with Gasteiger partial charge in [0.2, 0.25) is 5.91 Å². The van der Waals surface area contributed by atoms with Crippen LogP contribution in [0.15, 0.2) is 54.6 Å². The molecule has 0 aromatic heterocycles. The number of aliphatic hydroxyl groups is 1. The van der Waals surface area contributed by atoms with Crippen molar-refractivity contribution < 1.29 is 29.0 Å². The van der Waals surface area contributed by atoms with E-state index in [0.717, 1.165) is 63.0 Å². The van der Waals surface area contributed by atoms with Gasteiger partial charge >= 0.3 is 5.97 Å². The van der Waals surface area contributed by atoms with E-state index in [-0.39, 0.29) is 57.6 Å². The molecule has 0 aliphatic heterocycles. The molecular formula is C47H63FN2O5. The van der Waals surface area contributed by atoms with Crippen molar-refractivity contribution >= 4 is 17.8 Å². The maximum Gasteiger partial charge on any atom is 0.338 e. The summed E-state index contributed by atoms with van der Waals surface area (Å²) in [5.74, 6) is -0.0945. The number of carboxylic acid groups (broad SMARTS) is 1. The van der Waals surface area contributed by atoms with Crippen LogP contribution in [0.1, 0.15) is 138 Å². The maximum atomic E-state index is 14.7. The van der Waals surface area contributed by atoms with Crippen molar-refractivity contribution in [3.63, 3.8) is 0 Å². The van der Waals surface area contributed by atoms with Gasteiger partial charge in [-0.1, -0.05) is 65.0 Å². The number of amides is 2. The summed E-state index contributed by atoms with van der Waals surface area (Å²) < 4.78 is 13.8. The lowest BCUT2D eigenvalue weighted by Gasteiger charge is -2.72. The number of rotatable bonds is 9. The summed E-state index contributed by atoms with van der Waals surface area (Å²) in [5.41, 5.74) is 2.76. The molecule has 0 radical (unpaired) electrons. The van der Waals surface area contributed by atoms with Crippen LogP contribution < -0.4 is 10.6 Å². The first-order chi connectivity index (χ1) is 25.9. The minimum atomic E-state index is -1.33. The fourth-order valence-corrected chi connectivity index (χ4v) is 14.0. The van der Waals surface area contributed by atoms with Crippen molar-refractivity contribution in [1.29, 1.82) is 0 Å². The number of hydrogen-bond acceptors (Lipinski definition) is 4. The standard InChI is InChI=1S/C47H63FN2O5/c1-28(2)32-15-21-47(42(55)50-27-30-9-8-10-31(25-30)40(52)49-24-18-29-11-13-35(48)33(26-29)41(53)54)23-22-45(6)34(39(32)47)12-14-37-44(5)19-17-38(51)43(3,4)36(44)16-20-46(37,45)7/h8-11,13,25-26,32,34,36-39,51H,1,12,14-24,27H2,2-7H3,(H,49,52)(H,50,55)(H,53,54)/t32-,34?,36?,37?,38-,39?,44-,45+,46+,47-/m0/s1. The molecule has 5 fully saturated rings. The number of benzene rings is 2. The first kappa shape index (κ1) is 39.7. The number of carboxylic acids is 1. The Hall–Kier alpha value is -3.52. The minimum absolute atomic E-state index is 0.0770. The van der Waals surface area contributed by atoms with Gasteiger partial charge in [0.1, 0.15) is 5.82 Å². The summed E-state index contributed by atoms with van der Waals surface area (Å²) in [7, 11) is 0. The highest BCUT2D eigenvalue weighted by Crippen LogP contribution is 2.77. The monoisotopic (exact) mass is 754 g/mol. The van der Waals surface area contributed by atoms with Crippen LogP contribution in [-0.2, 0) is 17.8 Å². The second kappa shape index (κ2) is 14.1. The van der Waals surface area contributed by atoms with Gasteiger partial charge in [-0.25, -0.2) is 9.18 Å². The molecule has 55 heavy (non-hydrogen) atoms. The van der Waals surface area contributed by atoms with E-state index in [9.17, 15) is 29.0 Å². The smallest absolute Gasteiger partial charge is 0.338 e. The first-order valence-electron chi connectivity index (χ1n) is 20.9.